The molecular weight excluding hydrogens is 1210 g/mol. The van der Waals surface area contributed by atoms with E-state index in [-0.39, 0.29) is 54.3 Å². The Kier molecular flexibility index (Phi) is 21.8. The van der Waals surface area contributed by atoms with E-state index in [0.717, 1.165) is 27.8 Å². The predicted octanol–water partition coefficient (Wildman–Crippen LogP) is 6.20. The van der Waals surface area contributed by atoms with Gasteiger partial charge in [0, 0.05) is 49.7 Å². The summed E-state index contributed by atoms with van der Waals surface area (Å²) in [6, 6.07) is 23.7. The molecule has 2 aliphatic rings. The van der Waals surface area contributed by atoms with Gasteiger partial charge in [-0.1, -0.05) is 91.0 Å². The van der Waals surface area contributed by atoms with Crippen molar-refractivity contribution in [3.05, 3.63) is 152 Å². The van der Waals surface area contributed by atoms with Crippen LogP contribution in [0.3, 0.4) is 0 Å². The summed E-state index contributed by atoms with van der Waals surface area (Å²) in [6.45, 7) is 20.4. The number of carboxylic acids is 1. The molecule has 25 heteroatoms. The minimum atomic E-state index is -4.28. The van der Waals surface area contributed by atoms with Gasteiger partial charge in [0.2, 0.25) is 35.5 Å². The van der Waals surface area contributed by atoms with Gasteiger partial charge in [-0.2, -0.15) is 0 Å². The largest absolute Gasteiger partial charge is 0.487 e. The summed E-state index contributed by atoms with van der Waals surface area (Å²) in [7, 11) is -8.52. The van der Waals surface area contributed by atoms with Gasteiger partial charge in [-0.25, -0.2) is 31.1 Å². The molecule has 0 aliphatic carbocycles. The maximum absolute atomic E-state index is 14.3. The summed E-state index contributed by atoms with van der Waals surface area (Å²) < 4.78 is 71.7. The molecule has 0 aromatic heterocycles. The Labute approximate surface area is 532 Å². The van der Waals surface area contributed by atoms with E-state index in [1.54, 1.807) is 41.5 Å². The molecule has 0 radical (unpaired) electrons. The maximum atomic E-state index is 14.3. The number of hydrogen-bond acceptors (Lipinski definition) is 14. The van der Waals surface area contributed by atoms with Gasteiger partial charge in [0.1, 0.15) is 46.9 Å². The highest BCUT2D eigenvalue weighted by atomic mass is 32.2. The summed E-state index contributed by atoms with van der Waals surface area (Å²) in [5.41, 5.74) is 18.9. The Hall–Kier alpha value is -8.16. The fraction of sp³-hybridized carbons (Fsp3) is 0.431. The minimum Gasteiger partial charge on any atom is -0.487 e. The molecule has 11 N–H and O–H groups in total. The Morgan fingerprint density at radius 3 is 1.33 bits per heavy atom. The topological polar surface area (TPSA) is 341 Å². The Morgan fingerprint density at radius 1 is 0.567 bits per heavy atom. The molecule has 4 atom stereocenters. The number of nitrogens with zero attached hydrogens (tertiary/aromatic N) is 2. The molecule has 22 nitrogen and oxygen atoms in total. The smallest absolute Gasteiger partial charge is 0.326 e. The van der Waals surface area contributed by atoms with Crippen molar-refractivity contribution in [2.75, 3.05) is 18.8 Å². The lowest BCUT2D eigenvalue weighted by Gasteiger charge is -2.36. The third kappa shape index (κ3) is 16.1. The van der Waals surface area contributed by atoms with Crippen LogP contribution in [0.15, 0.2) is 111 Å². The first-order chi connectivity index (χ1) is 42.2. The summed E-state index contributed by atoms with van der Waals surface area (Å²) in [4.78, 5) is 76.9. The van der Waals surface area contributed by atoms with Crippen molar-refractivity contribution in [1.82, 2.24) is 30.7 Å². The number of ether oxygens (including phenoxy) is 2. The van der Waals surface area contributed by atoms with E-state index in [1.807, 2.05) is 119 Å². The molecule has 90 heavy (non-hydrogen) atoms. The molecule has 5 aromatic rings. The Bertz CT molecular complexity index is 3730. The molecule has 0 spiro atoms. The van der Waals surface area contributed by atoms with Crippen LogP contribution in [0, 0.1) is 41.5 Å². The van der Waals surface area contributed by atoms with E-state index < -0.39 is 102 Å². The second-order valence-corrected chi connectivity index (χ2v) is 28.6. The lowest BCUT2D eigenvalue weighted by Crippen LogP contribution is -2.57. The molecule has 0 unspecified atom stereocenters. The highest BCUT2D eigenvalue weighted by Crippen LogP contribution is 2.49. The zero-order chi connectivity index (χ0) is 66.3. The van der Waals surface area contributed by atoms with Crippen molar-refractivity contribution in [2.45, 2.75) is 172 Å². The molecule has 0 saturated carbocycles. The van der Waals surface area contributed by atoms with Gasteiger partial charge >= 0.3 is 5.97 Å². The van der Waals surface area contributed by atoms with Gasteiger partial charge in [0.15, 0.2) is 0 Å². The van der Waals surface area contributed by atoms with Crippen molar-refractivity contribution < 1.29 is 55.4 Å². The number of benzene rings is 5. The summed E-state index contributed by atoms with van der Waals surface area (Å²) >= 11 is 1.42. The van der Waals surface area contributed by atoms with Gasteiger partial charge in [-0.05, 0) is 152 Å². The lowest BCUT2D eigenvalue weighted by molar-refractivity contribution is -0.142. The average molecular weight is 1290 g/mol. The molecule has 484 valence electrons. The molecule has 5 aromatic carbocycles. The average Bonchev–Trinajstić information content (AvgIpc) is 1.44. The zero-order valence-corrected chi connectivity index (χ0v) is 55.5. The highest BCUT2D eigenvalue weighted by Gasteiger charge is 2.41. The predicted molar refractivity (Wildman–Crippen MR) is 349 cm³/mol. The number of rotatable bonds is 26. The van der Waals surface area contributed by atoms with Crippen LogP contribution in [0.5, 0.6) is 11.5 Å². The second-order valence-electron chi connectivity index (χ2n) is 24.2. The van der Waals surface area contributed by atoms with Gasteiger partial charge in [0.25, 0.3) is 20.0 Å². The molecule has 0 bridgehead atoms. The van der Waals surface area contributed by atoms with E-state index in [0.29, 0.717) is 57.7 Å². The van der Waals surface area contributed by atoms with E-state index >= 15 is 0 Å². The third-order valence-corrected chi connectivity index (χ3v) is 21.1. The molecular formula is C65H84N10O12S3. The normalized spacial score (nSPS) is 15.8. The molecule has 2 aliphatic heterocycles. The fourth-order valence-corrected chi connectivity index (χ4v) is 16.2. The first kappa shape index (κ1) is 69.3. The first-order valence-corrected chi connectivity index (χ1v) is 33.7. The molecule has 2 heterocycles. The number of aliphatic imine (C=N–C) groups is 2. The van der Waals surface area contributed by atoms with Crippen LogP contribution in [0.4, 0.5) is 0 Å². The number of carbonyl (C=O) groups is 5. The summed E-state index contributed by atoms with van der Waals surface area (Å²) in [5, 5.41) is 20.9. The van der Waals surface area contributed by atoms with Gasteiger partial charge in [-0.15, -0.1) is 11.8 Å². The monoisotopic (exact) mass is 1290 g/mol. The zero-order valence-electron chi connectivity index (χ0n) is 53.0. The molecule has 0 fully saturated rings. The quantitative estimate of drug-likeness (QED) is 0.0129. The van der Waals surface area contributed by atoms with Crippen molar-refractivity contribution in [3.63, 3.8) is 0 Å². The highest BCUT2D eigenvalue weighted by molar-refractivity contribution is 8.00. The van der Waals surface area contributed by atoms with E-state index in [4.69, 9.17) is 20.9 Å². The van der Waals surface area contributed by atoms with Crippen LogP contribution in [-0.2, 0) is 61.6 Å². The lowest BCUT2D eigenvalue weighted by atomic mass is 9.84. The van der Waals surface area contributed by atoms with Crippen molar-refractivity contribution >= 4 is 73.3 Å². The van der Waals surface area contributed by atoms with Gasteiger partial charge < -0.3 is 47.3 Å². The number of nitrogens with one attached hydrogen (secondary N) is 6. The summed E-state index contributed by atoms with van der Waals surface area (Å²) in [6.07, 6.45) is 0.579. The Balaban J connectivity index is 1.07. The number of nitrogens with two attached hydrogens (primary N) is 2. The number of carboxylic acid groups (broad SMARTS) is 1. The third-order valence-electron chi connectivity index (χ3n) is 16.2. The van der Waals surface area contributed by atoms with Crippen LogP contribution >= 0.6 is 11.8 Å². The van der Waals surface area contributed by atoms with E-state index in [2.05, 4.69) is 40.7 Å². The van der Waals surface area contributed by atoms with Crippen molar-refractivity contribution in [3.8, 4) is 11.5 Å². The van der Waals surface area contributed by atoms with Crippen molar-refractivity contribution in [2.24, 2.45) is 21.5 Å². The second kappa shape index (κ2) is 28.3. The molecule has 7 rings (SSSR count). The van der Waals surface area contributed by atoms with Crippen LogP contribution < -0.4 is 51.7 Å². The number of guanidine groups is 2. The van der Waals surface area contributed by atoms with E-state index in [1.165, 1.54) is 25.6 Å². The minimum absolute atomic E-state index is 0.00114. The standard InChI is InChI=1S/C65H84N10O12S3/c1-37-39(3)55(41(5)48-34-63(9,10)86-53(37)48)89(82,83)74-61(66)68-32-22-30-50(58(78)73-51(60(80)81)31-23-33-69-62(67)75-90(84,85)56-40(4)38(2)54-49(42(56)6)35-64(11,12)87-54)72-57(77)43(7)70-59(79)52(71-44(8)76)36-88-65(45-24-16-13-17-25-45,46-26-18-14-19-27-46)47-28-20-15-21-29-47/h13-21,24-29,43,50-52H,22-23,30-36H2,1-12H3,(H,70,79)(H,71,76)(H,72,77)(H,73,78)(H,80,81)(H3,66,68,74)(H3,67,69,75)/t43-,50-,51-,52-/m1/s1. The van der Waals surface area contributed by atoms with Crippen LogP contribution in [-0.4, -0.2) is 118 Å². The number of hydrogen-bond donors (Lipinski definition) is 9. The van der Waals surface area contributed by atoms with Crippen LogP contribution in [0.2, 0.25) is 0 Å². The van der Waals surface area contributed by atoms with Gasteiger partial charge in [-0.3, -0.25) is 29.2 Å². The van der Waals surface area contributed by atoms with Crippen LogP contribution in [0.25, 0.3) is 0 Å². The number of thioether (sulfide) groups is 1. The fourth-order valence-electron chi connectivity index (χ4n) is 11.6. The van der Waals surface area contributed by atoms with Crippen LogP contribution in [0.1, 0.15) is 128 Å². The number of sulfonamides is 2. The molecule has 4 amide bonds. The van der Waals surface area contributed by atoms with Gasteiger partial charge in [0.05, 0.1) is 14.5 Å². The number of aliphatic carboxylic acids is 1. The SMILES string of the molecule is CC(=O)N[C@H](CSC(c1ccccc1)(c1ccccc1)c1ccccc1)C(=O)N[C@H](C)C(=O)N[C@H](CCCN=C(N)NS(=O)(=O)c1c(C)c(C)c2c(c1C)CC(C)(C)O2)C(=O)N[C@H](CCCN=C(N)NS(=O)(=O)c1c(C)c(C)c2c(c1C)CC(C)(C)O2)C(=O)O. The van der Waals surface area contributed by atoms with Crippen molar-refractivity contribution in [1.29, 1.82) is 0 Å². The maximum Gasteiger partial charge on any atom is 0.326 e. The van der Waals surface area contributed by atoms with E-state index in [9.17, 15) is 45.9 Å². The molecule has 0 saturated heterocycles. The number of amides is 4. The summed E-state index contributed by atoms with van der Waals surface area (Å²) in [5.74, 6) is -3.98. The Morgan fingerprint density at radius 2 is 0.944 bits per heavy atom. The first-order valence-electron chi connectivity index (χ1n) is 29.7. The number of fused-ring (bicyclic) bond motifs is 2. The number of carbonyl (C=O) groups excluding carboxylic acids is 4.